The van der Waals surface area contributed by atoms with Gasteiger partial charge in [0.15, 0.2) is 5.58 Å². The number of oxazole rings is 1. The van der Waals surface area contributed by atoms with E-state index in [2.05, 4.69) is 9.97 Å². The lowest BCUT2D eigenvalue weighted by atomic mass is 10.3. The van der Waals surface area contributed by atoms with Crippen molar-refractivity contribution in [1.29, 1.82) is 0 Å². The Bertz CT molecular complexity index is 633. The van der Waals surface area contributed by atoms with Crippen molar-refractivity contribution in [3.8, 4) is 0 Å². The molecule has 0 fully saturated rings. The minimum atomic E-state index is 0.650. The maximum absolute atomic E-state index is 5.82. The standard InChI is InChI=1S/C11H9N3OS2/c12-7-2-1-3-8-10(7)14-9(15-8)6-17-11-13-4-5-16-11/h1-5H,6,12H2. The van der Waals surface area contributed by atoms with Gasteiger partial charge in [-0.1, -0.05) is 17.8 Å². The molecule has 17 heavy (non-hydrogen) atoms. The van der Waals surface area contributed by atoms with Crippen LogP contribution in [0.2, 0.25) is 0 Å². The molecule has 3 aromatic rings. The second-order valence-electron chi connectivity index (χ2n) is 3.39. The summed E-state index contributed by atoms with van der Waals surface area (Å²) in [7, 11) is 0. The Labute approximate surface area is 106 Å². The molecule has 0 amide bonds. The lowest BCUT2D eigenvalue weighted by Gasteiger charge is -1.90. The van der Waals surface area contributed by atoms with Gasteiger partial charge in [0.05, 0.1) is 11.4 Å². The Morgan fingerprint density at radius 3 is 3.12 bits per heavy atom. The van der Waals surface area contributed by atoms with Gasteiger partial charge >= 0.3 is 0 Å². The highest BCUT2D eigenvalue weighted by atomic mass is 32.2. The molecule has 0 radical (unpaired) electrons. The maximum Gasteiger partial charge on any atom is 0.206 e. The van der Waals surface area contributed by atoms with E-state index in [0.717, 1.165) is 15.4 Å². The lowest BCUT2D eigenvalue weighted by Crippen LogP contribution is -1.85. The van der Waals surface area contributed by atoms with E-state index in [-0.39, 0.29) is 0 Å². The number of hydrogen-bond acceptors (Lipinski definition) is 6. The highest BCUT2D eigenvalue weighted by Crippen LogP contribution is 2.27. The quantitative estimate of drug-likeness (QED) is 0.581. The molecule has 0 atom stereocenters. The predicted octanol–water partition coefficient (Wildman–Crippen LogP) is 3.16. The SMILES string of the molecule is Nc1cccc2oc(CSc3nccs3)nc12. The molecule has 0 aliphatic heterocycles. The van der Waals surface area contributed by atoms with E-state index in [1.165, 1.54) is 0 Å². The molecule has 0 unspecified atom stereocenters. The number of fused-ring (bicyclic) bond motifs is 1. The predicted molar refractivity (Wildman–Crippen MR) is 70.1 cm³/mol. The molecule has 3 rings (SSSR count). The first kappa shape index (κ1) is 10.6. The van der Waals surface area contributed by atoms with Crippen molar-refractivity contribution in [2.24, 2.45) is 0 Å². The fraction of sp³-hybridized carbons (Fsp3) is 0.0909. The van der Waals surface area contributed by atoms with Gasteiger partial charge < -0.3 is 10.2 Å². The molecule has 6 heteroatoms. The third-order valence-corrected chi connectivity index (χ3v) is 4.17. The Morgan fingerprint density at radius 2 is 2.35 bits per heavy atom. The Morgan fingerprint density at radius 1 is 1.41 bits per heavy atom. The second kappa shape index (κ2) is 4.38. The van der Waals surface area contributed by atoms with Crippen LogP contribution >= 0.6 is 23.1 Å². The summed E-state index contributed by atoms with van der Waals surface area (Å²) >= 11 is 3.22. The van der Waals surface area contributed by atoms with Crippen LogP contribution in [0.4, 0.5) is 5.69 Å². The number of aromatic nitrogens is 2. The zero-order valence-electron chi connectivity index (χ0n) is 8.79. The number of anilines is 1. The van der Waals surface area contributed by atoms with E-state index in [1.807, 2.05) is 23.6 Å². The summed E-state index contributed by atoms with van der Waals surface area (Å²) in [6.07, 6.45) is 1.79. The minimum Gasteiger partial charge on any atom is -0.440 e. The van der Waals surface area contributed by atoms with Gasteiger partial charge in [0.1, 0.15) is 9.86 Å². The molecule has 0 bridgehead atoms. The number of thiazole rings is 1. The van der Waals surface area contributed by atoms with Gasteiger partial charge in [-0.25, -0.2) is 9.97 Å². The molecule has 0 saturated carbocycles. The van der Waals surface area contributed by atoms with E-state index in [4.69, 9.17) is 10.2 Å². The van der Waals surface area contributed by atoms with E-state index in [0.29, 0.717) is 17.3 Å². The Kier molecular flexibility index (Phi) is 2.74. The third-order valence-electron chi connectivity index (χ3n) is 2.22. The highest BCUT2D eigenvalue weighted by Gasteiger charge is 2.08. The van der Waals surface area contributed by atoms with Gasteiger partial charge in [-0.2, -0.15) is 0 Å². The third kappa shape index (κ3) is 2.13. The molecule has 0 spiro atoms. The van der Waals surface area contributed by atoms with Crippen LogP contribution in [0, 0.1) is 0 Å². The van der Waals surface area contributed by atoms with Gasteiger partial charge in [-0.3, -0.25) is 0 Å². The van der Waals surface area contributed by atoms with Crippen LogP contribution in [0.25, 0.3) is 11.1 Å². The number of nitrogen functional groups attached to an aromatic ring is 1. The zero-order chi connectivity index (χ0) is 11.7. The fourth-order valence-electron chi connectivity index (χ4n) is 1.48. The maximum atomic E-state index is 5.82. The van der Waals surface area contributed by atoms with Crippen LogP contribution in [0.15, 0.2) is 38.5 Å². The van der Waals surface area contributed by atoms with Crippen LogP contribution in [0.5, 0.6) is 0 Å². The van der Waals surface area contributed by atoms with Crippen molar-refractivity contribution in [2.45, 2.75) is 10.1 Å². The van der Waals surface area contributed by atoms with E-state index < -0.39 is 0 Å². The smallest absolute Gasteiger partial charge is 0.206 e. The molecule has 4 nitrogen and oxygen atoms in total. The van der Waals surface area contributed by atoms with Crippen molar-refractivity contribution in [3.05, 3.63) is 35.7 Å². The number of hydrogen-bond donors (Lipinski definition) is 1. The molecule has 1 aromatic carbocycles. The number of nitrogens with zero attached hydrogens (tertiary/aromatic N) is 2. The summed E-state index contributed by atoms with van der Waals surface area (Å²) in [6, 6.07) is 5.56. The summed E-state index contributed by atoms with van der Waals surface area (Å²) in [6.45, 7) is 0. The number of nitrogens with two attached hydrogens (primary N) is 1. The van der Waals surface area contributed by atoms with Gasteiger partial charge in [0, 0.05) is 11.6 Å². The molecular weight excluding hydrogens is 254 g/mol. The average Bonchev–Trinajstić information content (AvgIpc) is 2.95. The highest BCUT2D eigenvalue weighted by molar-refractivity contribution is 8.00. The summed E-state index contributed by atoms with van der Waals surface area (Å²) in [5, 5.41) is 1.95. The van der Waals surface area contributed by atoms with Crippen LogP contribution < -0.4 is 5.73 Å². The first-order valence-electron chi connectivity index (χ1n) is 4.99. The topological polar surface area (TPSA) is 64.9 Å². The van der Waals surface area contributed by atoms with Crippen LogP contribution in [0.1, 0.15) is 5.89 Å². The molecular formula is C11H9N3OS2. The van der Waals surface area contributed by atoms with Gasteiger partial charge in [0.2, 0.25) is 5.89 Å². The van der Waals surface area contributed by atoms with Crippen LogP contribution in [-0.2, 0) is 5.75 Å². The average molecular weight is 263 g/mol. The van der Waals surface area contributed by atoms with Crippen molar-refractivity contribution >= 4 is 39.9 Å². The van der Waals surface area contributed by atoms with Crippen molar-refractivity contribution < 1.29 is 4.42 Å². The molecule has 0 aliphatic carbocycles. The molecule has 0 aliphatic rings. The lowest BCUT2D eigenvalue weighted by molar-refractivity contribution is 0.556. The van der Waals surface area contributed by atoms with Gasteiger partial charge in [0.25, 0.3) is 0 Å². The summed E-state index contributed by atoms with van der Waals surface area (Å²) < 4.78 is 6.63. The Hall–Kier alpha value is -1.53. The number of benzene rings is 1. The summed E-state index contributed by atoms with van der Waals surface area (Å²) in [4.78, 5) is 8.57. The second-order valence-corrected chi connectivity index (χ2v) is 5.51. The first-order valence-corrected chi connectivity index (χ1v) is 6.85. The molecule has 0 saturated heterocycles. The summed E-state index contributed by atoms with van der Waals surface area (Å²) in [5.41, 5.74) is 7.94. The fourth-order valence-corrected chi connectivity index (χ4v) is 2.96. The van der Waals surface area contributed by atoms with Gasteiger partial charge in [-0.05, 0) is 12.1 Å². The van der Waals surface area contributed by atoms with E-state index >= 15 is 0 Å². The number of para-hydroxylation sites is 1. The number of thioether (sulfide) groups is 1. The van der Waals surface area contributed by atoms with Crippen molar-refractivity contribution in [1.82, 2.24) is 9.97 Å². The summed E-state index contributed by atoms with van der Waals surface area (Å²) in [5.74, 6) is 1.35. The van der Waals surface area contributed by atoms with Crippen LogP contribution in [0.3, 0.4) is 0 Å². The monoisotopic (exact) mass is 263 g/mol. The van der Waals surface area contributed by atoms with Crippen LogP contribution in [-0.4, -0.2) is 9.97 Å². The molecule has 2 N–H and O–H groups in total. The van der Waals surface area contributed by atoms with E-state index in [1.54, 1.807) is 29.3 Å². The minimum absolute atomic E-state index is 0.650. The van der Waals surface area contributed by atoms with Crippen molar-refractivity contribution in [3.63, 3.8) is 0 Å². The molecule has 86 valence electrons. The zero-order valence-corrected chi connectivity index (χ0v) is 10.4. The molecule has 2 heterocycles. The normalized spacial score (nSPS) is 11.1. The number of rotatable bonds is 3. The first-order chi connectivity index (χ1) is 8.33. The van der Waals surface area contributed by atoms with Gasteiger partial charge in [-0.15, -0.1) is 11.3 Å². The van der Waals surface area contributed by atoms with E-state index in [9.17, 15) is 0 Å². The van der Waals surface area contributed by atoms with Crippen molar-refractivity contribution in [2.75, 3.05) is 5.73 Å². The largest absolute Gasteiger partial charge is 0.440 e. The molecule has 2 aromatic heterocycles. The Balaban J connectivity index is 1.84.